The molecule has 35 heavy (non-hydrogen) atoms. The zero-order chi connectivity index (χ0) is 26.2. The first-order valence-electron chi connectivity index (χ1n) is 13.1. The second-order valence-electron chi connectivity index (χ2n) is 8.09. The van der Waals surface area contributed by atoms with Crippen LogP contribution < -0.4 is 10.4 Å². The lowest BCUT2D eigenvalue weighted by Gasteiger charge is -2.34. The van der Waals surface area contributed by atoms with Crippen molar-refractivity contribution < 1.29 is 5.21 Å². The van der Waals surface area contributed by atoms with Gasteiger partial charge < -0.3 is 14.4 Å². The van der Waals surface area contributed by atoms with Gasteiger partial charge in [0, 0.05) is 56.2 Å². The van der Waals surface area contributed by atoms with Gasteiger partial charge >= 0.3 is 0 Å². The molecule has 2 aromatic heterocycles. The van der Waals surface area contributed by atoms with Gasteiger partial charge in [-0.2, -0.15) is 0 Å². The van der Waals surface area contributed by atoms with E-state index in [2.05, 4.69) is 70.6 Å². The Balaban J connectivity index is 0.000000684. The summed E-state index contributed by atoms with van der Waals surface area (Å²) in [5, 5.41) is 10.2. The number of pyridine rings is 1. The Bertz CT molecular complexity index is 970. The molecule has 1 aliphatic rings. The van der Waals surface area contributed by atoms with Gasteiger partial charge in [0.05, 0.1) is 5.70 Å². The zero-order valence-electron chi connectivity index (χ0n) is 23.0. The van der Waals surface area contributed by atoms with E-state index in [1.807, 2.05) is 58.2 Å². The topological polar surface area (TPSA) is 56.6 Å². The Morgan fingerprint density at radius 3 is 2.09 bits per heavy atom. The van der Waals surface area contributed by atoms with Gasteiger partial charge in [0.1, 0.15) is 5.65 Å². The molecule has 0 aliphatic carbocycles. The highest BCUT2D eigenvalue weighted by molar-refractivity contribution is 5.90. The maximum absolute atomic E-state index is 8.96. The fourth-order valence-corrected chi connectivity index (χ4v) is 3.60. The first kappa shape index (κ1) is 30.2. The average molecular weight is 482 g/mol. The molecule has 0 saturated carbocycles. The van der Waals surface area contributed by atoms with Crippen LogP contribution in [0.2, 0.25) is 0 Å². The van der Waals surface area contributed by atoms with Gasteiger partial charge in [0.2, 0.25) is 0 Å². The van der Waals surface area contributed by atoms with Crippen molar-refractivity contribution in [2.75, 3.05) is 38.1 Å². The first-order chi connectivity index (χ1) is 17.1. The van der Waals surface area contributed by atoms with Crippen LogP contribution in [0.4, 0.5) is 5.69 Å². The number of hydrogen-bond acceptors (Lipinski definition) is 5. The van der Waals surface area contributed by atoms with Crippen LogP contribution in [0.25, 0.3) is 16.7 Å². The van der Waals surface area contributed by atoms with Gasteiger partial charge in [-0.3, -0.25) is 10.7 Å². The van der Waals surface area contributed by atoms with Gasteiger partial charge in [-0.05, 0) is 30.3 Å². The SMILES string of the molecule is C=C(NO)c1ccc(Cn2ccc3c(N4CCN(C)CC4)ccnc32)cc1.CC.CC.CCCC. The molecule has 0 unspecified atom stereocenters. The molecule has 6 nitrogen and oxygen atoms in total. The number of hydrogen-bond donors (Lipinski definition) is 2. The molecule has 2 N–H and O–H groups in total. The van der Waals surface area contributed by atoms with Crippen molar-refractivity contribution in [1.29, 1.82) is 0 Å². The van der Waals surface area contributed by atoms with E-state index in [4.69, 9.17) is 5.21 Å². The summed E-state index contributed by atoms with van der Waals surface area (Å²) in [6, 6.07) is 12.3. The fourth-order valence-electron chi connectivity index (χ4n) is 3.60. The van der Waals surface area contributed by atoms with Crippen LogP contribution in [0.3, 0.4) is 0 Å². The fraction of sp³-hybridized carbons (Fsp3) is 0.483. The summed E-state index contributed by atoms with van der Waals surface area (Å²) in [6.07, 6.45) is 6.66. The van der Waals surface area contributed by atoms with E-state index in [0.29, 0.717) is 5.70 Å². The van der Waals surface area contributed by atoms with Crippen molar-refractivity contribution in [3.05, 3.63) is 66.5 Å². The van der Waals surface area contributed by atoms with Gasteiger partial charge in [0.25, 0.3) is 0 Å². The molecule has 1 aromatic carbocycles. The third kappa shape index (κ3) is 8.71. The molecular weight excluding hydrogens is 434 g/mol. The minimum absolute atomic E-state index is 0.492. The molecule has 1 saturated heterocycles. The number of anilines is 1. The molecule has 194 valence electrons. The van der Waals surface area contributed by atoms with Gasteiger partial charge in [0.15, 0.2) is 0 Å². The molecule has 0 radical (unpaired) electrons. The predicted octanol–water partition coefficient (Wildman–Crippen LogP) is 6.64. The van der Waals surface area contributed by atoms with Crippen LogP contribution in [0.5, 0.6) is 0 Å². The van der Waals surface area contributed by atoms with E-state index in [1.165, 1.54) is 29.5 Å². The minimum atomic E-state index is 0.492. The molecule has 4 rings (SSSR count). The van der Waals surface area contributed by atoms with E-state index in [-0.39, 0.29) is 0 Å². The summed E-state index contributed by atoms with van der Waals surface area (Å²) in [6.45, 7) is 21.1. The number of rotatable bonds is 6. The van der Waals surface area contributed by atoms with E-state index in [1.54, 1.807) is 0 Å². The highest BCUT2D eigenvalue weighted by Gasteiger charge is 2.17. The van der Waals surface area contributed by atoms with Crippen LogP contribution in [0.15, 0.2) is 55.4 Å². The third-order valence-electron chi connectivity index (χ3n) is 5.77. The maximum atomic E-state index is 8.96. The summed E-state index contributed by atoms with van der Waals surface area (Å²) >= 11 is 0. The van der Waals surface area contributed by atoms with E-state index < -0.39 is 0 Å². The van der Waals surface area contributed by atoms with Crippen LogP contribution in [-0.2, 0) is 6.54 Å². The number of benzene rings is 1. The van der Waals surface area contributed by atoms with E-state index >= 15 is 0 Å². The Labute approximate surface area is 213 Å². The first-order valence-corrected chi connectivity index (χ1v) is 13.1. The number of nitrogens with zero attached hydrogens (tertiary/aromatic N) is 4. The minimum Gasteiger partial charge on any atom is -0.368 e. The summed E-state index contributed by atoms with van der Waals surface area (Å²) in [4.78, 5) is 9.46. The van der Waals surface area contributed by atoms with E-state index in [0.717, 1.165) is 43.9 Å². The largest absolute Gasteiger partial charge is 0.368 e. The summed E-state index contributed by atoms with van der Waals surface area (Å²) < 4.78 is 2.18. The molecule has 1 aliphatic heterocycles. The molecule has 3 aromatic rings. The van der Waals surface area contributed by atoms with Crippen LogP contribution >= 0.6 is 0 Å². The van der Waals surface area contributed by atoms with Crippen molar-refractivity contribution in [2.45, 2.75) is 60.9 Å². The monoisotopic (exact) mass is 481 g/mol. The molecule has 6 heteroatoms. The van der Waals surface area contributed by atoms with E-state index in [9.17, 15) is 0 Å². The second-order valence-corrected chi connectivity index (χ2v) is 8.09. The lowest BCUT2D eigenvalue weighted by molar-refractivity contribution is 0.225. The Hall–Kier alpha value is -2.83. The number of nitrogens with one attached hydrogen (secondary N) is 1. The lowest BCUT2D eigenvalue weighted by atomic mass is 10.1. The molecule has 0 atom stereocenters. The quantitative estimate of drug-likeness (QED) is 0.386. The molecule has 0 bridgehead atoms. The van der Waals surface area contributed by atoms with Crippen molar-refractivity contribution in [1.82, 2.24) is 19.9 Å². The number of unbranched alkanes of at least 4 members (excludes halogenated alkanes) is 1. The number of aromatic nitrogens is 2. The highest BCUT2D eigenvalue weighted by atomic mass is 16.5. The van der Waals surface area contributed by atoms with Gasteiger partial charge in [-0.25, -0.2) is 4.98 Å². The zero-order valence-corrected chi connectivity index (χ0v) is 23.0. The lowest BCUT2D eigenvalue weighted by Crippen LogP contribution is -2.44. The van der Waals surface area contributed by atoms with Crippen LogP contribution in [0, 0.1) is 0 Å². The van der Waals surface area contributed by atoms with Gasteiger partial charge in [-0.1, -0.05) is 85.2 Å². The molecule has 0 spiro atoms. The smallest absolute Gasteiger partial charge is 0.142 e. The maximum Gasteiger partial charge on any atom is 0.142 e. The number of hydroxylamine groups is 1. The Kier molecular flexibility index (Phi) is 14.4. The number of likely N-dealkylation sites (N-methyl/N-ethyl adjacent to an activating group) is 1. The average Bonchev–Trinajstić information content (AvgIpc) is 3.34. The number of fused-ring (bicyclic) bond motifs is 1. The molecule has 3 heterocycles. The Morgan fingerprint density at radius 1 is 0.943 bits per heavy atom. The third-order valence-corrected chi connectivity index (χ3v) is 5.77. The summed E-state index contributed by atoms with van der Waals surface area (Å²) in [5.41, 5.74) is 6.91. The van der Waals surface area contributed by atoms with Gasteiger partial charge in [-0.15, -0.1) is 0 Å². The summed E-state index contributed by atoms with van der Waals surface area (Å²) in [7, 11) is 2.17. The van der Waals surface area contributed by atoms with Crippen molar-refractivity contribution >= 4 is 22.4 Å². The predicted molar refractivity (Wildman–Crippen MR) is 152 cm³/mol. The van der Waals surface area contributed by atoms with Crippen molar-refractivity contribution in [3.63, 3.8) is 0 Å². The van der Waals surface area contributed by atoms with Crippen LogP contribution in [0.1, 0.15) is 65.5 Å². The molecule has 1 fully saturated rings. The standard InChI is InChI=1S/C21H25N5O.C4H10.2C2H6/c1-16(23-27)18-5-3-17(4-6-18)15-26-10-8-19-20(7-9-22-21(19)26)25-13-11-24(2)12-14-25;1-3-4-2;2*1-2/h3-10,23,27H,1,11-15H2,2H3;3-4H2,1-2H3;2*1-2H3. The Morgan fingerprint density at radius 2 is 1.54 bits per heavy atom. The normalized spacial score (nSPS) is 13.0. The number of piperazine rings is 1. The second kappa shape index (κ2) is 16.7. The van der Waals surface area contributed by atoms with Crippen molar-refractivity contribution in [2.24, 2.45) is 0 Å². The highest BCUT2D eigenvalue weighted by Crippen LogP contribution is 2.27. The van der Waals surface area contributed by atoms with Crippen LogP contribution in [-0.4, -0.2) is 52.9 Å². The summed E-state index contributed by atoms with van der Waals surface area (Å²) in [5.74, 6) is 0. The molecular formula is C29H47N5O. The van der Waals surface area contributed by atoms with Crippen molar-refractivity contribution in [3.8, 4) is 0 Å². The molecule has 0 amide bonds.